The number of para-hydroxylation sites is 1. The topological polar surface area (TPSA) is 44.5 Å². The first-order valence-corrected chi connectivity index (χ1v) is 7.71. The maximum absolute atomic E-state index is 6.26. The molecule has 3 nitrogen and oxygen atoms in total. The average molecular weight is 326 g/mol. The summed E-state index contributed by atoms with van der Waals surface area (Å²) in [7, 11) is 1.67. The number of benzene rings is 1. The van der Waals surface area contributed by atoms with Crippen molar-refractivity contribution in [2.75, 3.05) is 7.11 Å². The second-order valence-corrected chi connectivity index (χ2v) is 6.51. The van der Waals surface area contributed by atoms with Crippen LogP contribution in [0, 0.1) is 5.41 Å². The molecule has 0 aromatic heterocycles. The van der Waals surface area contributed by atoms with Crippen LogP contribution < -0.4 is 15.2 Å². The van der Waals surface area contributed by atoms with Crippen LogP contribution in [0.2, 0.25) is 0 Å². The molecule has 0 radical (unpaired) electrons. The zero-order chi connectivity index (χ0) is 13.5. The van der Waals surface area contributed by atoms with Gasteiger partial charge in [0.15, 0.2) is 11.5 Å². The number of rotatable bonds is 3. The summed E-state index contributed by atoms with van der Waals surface area (Å²) in [5.41, 5.74) is 6.46. The van der Waals surface area contributed by atoms with Crippen molar-refractivity contribution in [1.29, 1.82) is 0 Å². The van der Waals surface area contributed by atoms with E-state index in [0.29, 0.717) is 6.04 Å². The standard InChI is InChI=1S/C15H20BrNO2/c1-18-11-6-4-5-10(16)14(11)19-13-9-12(17)15(13)7-2-3-8-15/h4-6,12-13H,2-3,7-9,17H2,1H3. The Hall–Kier alpha value is -0.740. The summed E-state index contributed by atoms with van der Waals surface area (Å²) >= 11 is 3.55. The molecule has 0 aliphatic heterocycles. The summed E-state index contributed by atoms with van der Waals surface area (Å²) in [5, 5.41) is 0. The van der Waals surface area contributed by atoms with Crippen molar-refractivity contribution < 1.29 is 9.47 Å². The molecule has 2 N–H and O–H groups in total. The summed E-state index contributed by atoms with van der Waals surface area (Å²) in [5.74, 6) is 1.59. The highest BCUT2D eigenvalue weighted by Crippen LogP contribution is 2.54. The van der Waals surface area contributed by atoms with Crippen LogP contribution in [0.15, 0.2) is 22.7 Å². The minimum absolute atomic E-state index is 0.209. The van der Waals surface area contributed by atoms with E-state index >= 15 is 0 Å². The van der Waals surface area contributed by atoms with Crippen molar-refractivity contribution >= 4 is 15.9 Å². The molecule has 2 saturated carbocycles. The Labute approximate surface area is 122 Å². The van der Waals surface area contributed by atoms with Crippen molar-refractivity contribution in [2.45, 2.75) is 44.2 Å². The fourth-order valence-corrected chi connectivity index (χ4v) is 4.02. The Morgan fingerprint density at radius 1 is 1.32 bits per heavy atom. The number of methoxy groups -OCH3 is 1. The first-order chi connectivity index (χ1) is 9.17. The van der Waals surface area contributed by atoms with Gasteiger partial charge in [-0.25, -0.2) is 0 Å². The molecule has 4 heteroatoms. The number of hydrogen-bond donors (Lipinski definition) is 1. The minimum Gasteiger partial charge on any atom is -0.493 e. The molecule has 2 aliphatic carbocycles. The predicted molar refractivity (Wildman–Crippen MR) is 78.6 cm³/mol. The summed E-state index contributed by atoms with van der Waals surface area (Å²) in [6, 6.07) is 6.17. The van der Waals surface area contributed by atoms with Gasteiger partial charge in [-0.05, 0) is 40.9 Å². The zero-order valence-corrected chi connectivity index (χ0v) is 12.8. The van der Waals surface area contributed by atoms with Crippen molar-refractivity contribution in [2.24, 2.45) is 11.1 Å². The molecule has 2 fully saturated rings. The van der Waals surface area contributed by atoms with Gasteiger partial charge in [0.1, 0.15) is 6.10 Å². The van der Waals surface area contributed by atoms with Crippen molar-refractivity contribution in [3.8, 4) is 11.5 Å². The summed E-state index contributed by atoms with van der Waals surface area (Å²) < 4.78 is 12.6. The molecule has 2 unspecified atom stereocenters. The number of hydrogen-bond acceptors (Lipinski definition) is 3. The second kappa shape index (κ2) is 4.98. The van der Waals surface area contributed by atoms with Gasteiger partial charge in [-0.3, -0.25) is 0 Å². The lowest BCUT2D eigenvalue weighted by Gasteiger charge is -2.52. The van der Waals surface area contributed by atoms with Crippen LogP contribution in [-0.4, -0.2) is 19.3 Å². The maximum Gasteiger partial charge on any atom is 0.175 e. The van der Waals surface area contributed by atoms with Crippen LogP contribution in [0.3, 0.4) is 0 Å². The van der Waals surface area contributed by atoms with Gasteiger partial charge in [0.25, 0.3) is 0 Å². The molecule has 19 heavy (non-hydrogen) atoms. The zero-order valence-electron chi connectivity index (χ0n) is 11.2. The highest BCUT2D eigenvalue weighted by atomic mass is 79.9. The molecule has 2 atom stereocenters. The average Bonchev–Trinajstić information content (AvgIpc) is 2.92. The van der Waals surface area contributed by atoms with E-state index < -0.39 is 0 Å². The van der Waals surface area contributed by atoms with Crippen LogP contribution in [0.1, 0.15) is 32.1 Å². The van der Waals surface area contributed by atoms with Gasteiger partial charge in [0.05, 0.1) is 11.6 Å². The summed E-state index contributed by atoms with van der Waals surface area (Å²) in [6.45, 7) is 0. The van der Waals surface area contributed by atoms with Crippen molar-refractivity contribution in [3.63, 3.8) is 0 Å². The molecular weight excluding hydrogens is 306 g/mol. The molecule has 1 aromatic rings. The van der Waals surface area contributed by atoms with Gasteiger partial charge >= 0.3 is 0 Å². The molecule has 2 aliphatic rings. The molecule has 1 spiro atoms. The molecule has 0 saturated heterocycles. The second-order valence-electron chi connectivity index (χ2n) is 5.66. The normalized spacial score (nSPS) is 28.2. The van der Waals surface area contributed by atoms with Gasteiger partial charge in [-0.2, -0.15) is 0 Å². The Kier molecular flexibility index (Phi) is 3.48. The molecule has 0 heterocycles. The van der Waals surface area contributed by atoms with Gasteiger partial charge in [-0.15, -0.1) is 0 Å². The first-order valence-electron chi connectivity index (χ1n) is 6.92. The fraction of sp³-hybridized carbons (Fsp3) is 0.600. The Bertz CT molecular complexity index is 471. The lowest BCUT2D eigenvalue weighted by Crippen LogP contribution is -2.62. The third-order valence-corrected chi connectivity index (χ3v) is 5.42. The highest BCUT2D eigenvalue weighted by molar-refractivity contribution is 9.10. The largest absolute Gasteiger partial charge is 0.493 e. The monoisotopic (exact) mass is 325 g/mol. The van der Waals surface area contributed by atoms with Crippen LogP contribution >= 0.6 is 15.9 Å². The van der Waals surface area contributed by atoms with E-state index in [0.717, 1.165) is 22.4 Å². The fourth-order valence-electron chi connectivity index (χ4n) is 3.58. The Morgan fingerprint density at radius 3 is 2.68 bits per heavy atom. The van der Waals surface area contributed by atoms with Crippen LogP contribution in [0.5, 0.6) is 11.5 Å². The van der Waals surface area contributed by atoms with E-state index in [9.17, 15) is 0 Å². The number of ether oxygens (including phenoxy) is 2. The lowest BCUT2D eigenvalue weighted by atomic mass is 9.61. The Morgan fingerprint density at radius 2 is 2.05 bits per heavy atom. The Balaban J connectivity index is 1.83. The maximum atomic E-state index is 6.26. The van der Waals surface area contributed by atoms with Crippen LogP contribution in [-0.2, 0) is 0 Å². The third kappa shape index (κ3) is 2.05. The first kappa shape index (κ1) is 13.3. The van der Waals surface area contributed by atoms with Crippen LogP contribution in [0.25, 0.3) is 0 Å². The molecule has 0 bridgehead atoms. The van der Waals surface area contributed by atoms with E-state index in [4.69, 9.17) is 15.2 Å². The molecular formula is C15H20BrNO2. The van der Waals surface area contributed by atoms with E-state index in [2.05, 4.69) is 15.9 Å². The molecule has 3 rings (SSSR count). The molecule has 0 amide bonds. The number of halogens is 1. The summed E-state index contributed by atoms with van der Waals surface area (Å²) in [4.78, 5) is 0. The van der Waals surface area contributed by atoms with Gasteiger partial charge in [0.2, 0.25) is 0 Å². The van der Waals surface area contributed by atoms with E-state index in [-0.39, 0.29) is 11.5 Å². The molecule has 104 valence electrons. The highest BCUT2D eigenvalue weighted by Gasteiger charge is 2.56. The SMILES string of the molecule is COc1cccc(Br)c1OC1CC(N)C12CCCC2. The summed E-state index contributed by atoms with van der Waals surface area (Å²) in [6.07, 6.45) is 6.14. The number of nitrogens with two attached hydrogens (primary N) is 1. The van der Waals surface area contributed by atoms with Gasteiger partial charge in [0, 0.05) is 17.9 Å². The smallest absolute Gasteiger partial charge is 0.175 e. The van der Waals surface area contributed by atoms with Crippen molar-refractivity contribution in [3.05, 3.63) is 22.7 Å². The van der Waals surface area contributed by atoms with Crippen LogP contribution in [0.4, 0.5) is 0 Å². The van der Waals surface area contributed by atoms with Crippen molar-refractivity contribution in [1.82, 2.24) is 0 Å². The quantitative estimate of drug-likeness (QED) is 0.925. The van der Waals surface area contributed by atoms with Gasteiger partial charge < -0.3 is 15.2 Å². The molecule has 1 aromatic carbocycles. The van der Waals surface area contributed by atoms with E-state index in [1.165, 1.54) is 25.7 Å². The van der Waals surface area contributed by atoms with E-state index in [1.54, 1.807) is 7.11 Å². The predicted octanol–water partition coefficient (Wildman–Crippen LogP) is 3.50. The van der Waals surface area contributed by atoms with Gasteiger partial charge in [-0.1, -0.05) is 18.9 Å². The minimum atomic E-state index is 0.209. The third-order valence-electron chi connectivity index (χ3n) is 4.79. The lowest BCUT2D eigenvalue weighted by molar-refractivity contribution is -0.0633. The van der Waals surface area contributed by atoms with E-state index in [1.807, 2.05) is 18.2 Å².